The van der Waals surface area contributed by atoms with Gasteiger partial charge in [0.2, 0.25) is 10.0 Å². The molecule has 0 amide bonds. The Morgan fingerprint density at radius 2 is 1.97 bits per heavy atom. The second-order valence-electron chi connectivity index (χ2n) is 6.64. The van der Waals surface area contributed by atoms with Gasteiger partial charge in [-0.05, 0) is 36.8 Å². The molecule has 164 valence electrons. The Morgan fingerprint density at radius 3 is 2.60 bits per heavy atom. The van der Waals surface area contributed by atoms with E-state index in [0.717, 1.165) is 27.7 Å². The van der Waals surface area contributed by atoms with Gasteiger partial charge in [-0.3, -0.25) is 4.98 Å². The lowest BCUT2D eigenvalue weighted by Crippen LogP contribution is -2.22. The molecule has 1 aromatic carbocycles. The van der Waals surface area contributed by atoms with Gasteiger partial charge in [-0.15, -0.1) is 24.8 Å². The van der Waals surface area contributed by atoms with Gasteiger partial charge in [0.15, 0.2) is 0 Å². The Morgan fingerprint density at radius 1 is 1.27 bits per heavy atom. The molecule has 0 fully saturated rings. The normalized spacial score (nSPS) is 12.0. The number of hydrogen-bond donors (Lipinski definition) is 1. The molecule has 0 aliphatic rings. The molecule has 0 aliphatic heterocycles. The third kappa shape index (κ3) is 4.84. The molecule has 3 rings (SSSR count). The number of nitrogens with two attached hydrogens (primary N) is 1. The first-order chi connectivity index (χ1) is 13.3. The van der Waals surface area contributed by atoms with Crippen molar-refractivity contribution in [2.24, 2.45) is 5.73 Å². The van der Waals surface area contributed by atoms with Crippen molar-refractivity contribution in [3.05, 3.63) is 60.3 Å². The maximum atomic E-state index is 14.2. The molecule has 6 nitrogen and oxygen atoms in total. The summed E-state index contributed by atoms with van der Waals surface area (Å²) in [6.07, 6.45) is 4.69. The highest BCUT2D eigenvalue weighted by atomic mass is 35.5. The van der Waals surface area contributed by atoms with E-state index in [0.29, 0.717) is 0 Å². The van der Waals surface area contributed by atoms with Crippen molar-refractivity contribution in [1.82, 2.24) is 13.9 Å². The van der Waals surface area contributed by atoms with E-state index in [1.165, 1.54) is 24.5 Å². The number of allylic oxidation sites excluding steroid dienone is 1. The third-order valence-electron chi connectivity index (χ3n) is 4.68. The number of nitrogens with zero attached hydrogens (tertiary/aromatic N) is 3. The van der Waals surface area contributed by atoms with E-state index in [2.05, 4.69) is 4.98 Å². The molecule has 10 heteroatoms. The highest BCUT2D eigenvalue weighted by Crippen LogP contribution is 2.35. The van der Waals surface area contributed by atoms with E-state index >= 15 is 0 Å². The Bertz CT molecular complexity index is 1160. The summed E-state index contributed by atoms with van der Waals surface area (Å²) in [6.45, 7) is 2.05. The van der Waals surface area contributed by atoms with E-state index in [9.17, 15) is 12.8 Å². The number of benzene rings is 1. The van der Waals surface area contributed by atoms with Crippen LogP contribution >= 0.6 is 24.8 Å². The maximum absolute atomic E-state index is 14.2. The zero-order valence-electron chi connectivity index (χ0n) is 16.9. The number of aromatic nitrogens is 2. The van der Waals surface area contributed by atoms with E-state index in [-0.39, 0.29) is 48.6 Å². The van der Waals surface area contributed by atoms with Crippen LogP contribution in [0.5, 0.6) is 0 Å². The quantitative estimate of drug-likeness (QED) is 0.586. The predicted molar refractivity (Wildman–Crippen MR) is 124 cm³/mol. The van der Waals surface area contributed by atoms with E-state index in [1.807, 2.05) is 23.6 Å². The number of hydrogen-bond acceptors (Lipinski definition) is 4. The first-order valence-electron chi connectivity index (χ1n) is 8.77. The first-order valence-corrected chi connectivity index (χ1v) is 10.2. The minimum atomic E-state index is -3.56. The summed E-state index contributed by atoms with van der Waals surface area (Å²) in [7, 11) is -0.567. The second kappa shape index (κ2) is 10.4. The van der Waals surface area contributed by atoms with E-state index in [1.54, 1.807) is 30.6 Å². The molecule has 0 saturated carbocycles. The highest BCUT2D eigenvalue weighted by Gasteiger charge is 2.21. The Hall–Kier alpha value is -1.97. The summed E-state index contributed by atoms with van der Waals surface area (Å²) in [6, 6.07) is 8.64. The van der Waals surface area contributed by atoms with Crippen LogP contribution in [0.2, 0.25) is 0 Å². The topological polar surface area (TPSA) is 81.2 Å². The van der Waals surface area contributed by atoms with Gasteiger partial charge in [-0.25, -0.2) is 17.1 Å². The van der Waals surface area contributed by atoms with Gasteiger partial charge < -0.3 is 10.3 Å². The van der Waals surface area contributed by atoms with Gasteiger partial charge in [0, 0.05) is 43.5 Å². The van der Waals surface area contributed by atoms with Crippen LogP contribution in [0.1, 0.15) is 5.69 Å². The van der Waals surface area contributed by atoms with Crippen molar-refractivity contribution in [3.8, 4) is 11.1 Å². The van der Waals surface area contributed by atoms with Crippen LogP contribution < -0.4 is 5.73 Å². The molecule has 3 aromatic rings. The molecule has 0 aliphatic carbocycles. The number of halogens is 3. The van der Waals surface area contributed by atoms with Crippen LogP contribution in [0.15, 0.2) is 59.5 Å². The Kier molecular flexibility index (Phi) is 9.01. The summed E-state index contributed by atoms with van der Waals surface area (Å²) in [4.78, 5) is 4.37. The first kappa shape index (κ1) is 26.1. The summed E-state index contributed by atoms with van der Waals surface area (Å²) in [5, 5.41) is 0.882. The van der Waals surface area contributed by atoms with Crippen molar-refractivity contribution in [3.63, 3.8) is 0 Å². The SMILES string of the molecule is Cc1c(-c2cccc(S(=O)(=O)N(C)C)c2)c2ccncc2n1C/C(F)=C/CN.Cl.Cl. The van der Waals surface area contributed by atoms with Gasteiger partial charge >= 0.3 is 0 Å². The van der Waals surface area contributed by atoms with Crippen LogP contribution in [0, 0.1) is 6.92 Å². The van der Waals surface area contributed by atoms with Crippen molar-refractivity contribution < 1.29 is 12.8 Å². The minimum absolute atomic E-state index is 0. The van der Waals surface area contributed by atoms with Gasteiger partial charge in [0.25, 0.3) is 0 Å². The van der Waals surface area contributed by atoms with Crippen LogP contribution in [-0.4, -0.2) is 42.9 Å². The molecule has 0 unspecified atom stereocenters. The monoisotopic (exact) mass is 474 g/mol. The van der Waals surface area contributed by atoms with Gasteiger partial charge in [-0.2, -0.15) is 0 Å². The number of rotatable bonds is 6. The lowest BCUT2D eigenvalue weighted by molar-refractivity contribution is 0.521. The number of pyridine rings is 1. The molecule has 0 spiro atoms. The molecular formula is C20H25Cl2FN4O2S. The molecule has 2 aromatic heterocycles. The predicted octanol–water partition coefficient (Wildman–Crippen LogP) is 3.92. The van der Waals surface area contributed by atoms with E-state index in [4.69, 9.17) is 5.73 Å². The fourth-order valence-electron chi connectivity index (χ4n) is 3.26. The average molecular weight is 475 g/mol. The van der Waals surface area contributed by atoms with Crippen LogP contribution in [0.25, 0.3) is 22.0 Å². The molecule has 2 heterocycles. The van der Waals surface area contributed by atoms with Crippen molar-refractivity contribution in [1.29, 1.82) is 0 Å². The van der Waals surface area contributed by atoms with Crippen LogP contribution in [-0.2, 0) is 16.6 Å². The minimum Gasteiger partial charge on any atom is -0.336 e. The standard InChI is InChI=1S/C20H23FN4O2S.2ClH/c1-14-20(15-5-4-6-17(11-15)28(26,27)24(2)3)18-8-10-23-12-19(18)25(14)13-16(21)7-9-22;;/h4-8,10-12H,9,13,22H2,1-3H3;2*1H/b16-7-;;. The van der Waals surface area contributed by atoms with Gasteiger partial charge in [0.05, 0.1) is 23.2 Å². The zero-order valence-corrected chi connectivity index (χ0v) is 19.3. The van der Waals surface area contributed by atoms with Crippen LogP contribution in [0.4, 0.5) is 4.39 Å². The Balaban J connectivity index is 0.00000225. The van der Waals surface area contributed by atoms with Crippen LogP contribution in [0.3, 0.4) is 0 Å². The van der Waals surface area contributed by atoms with Gasteiger partial charge in [-0.1, -0.05) is 12.1 Å². The summed E-state index contributed by atoms with van der Waals surface area (Å²) < 4.78 is 42.2. The second-order valence-corrected chi connectivity index (χ2v) is 8.79. The Labute approximate surface area is 188 Å². The zero-order chi connectivity index (χ0) is 20.5. The lowest BCUT2D eigenvalue weighted by Gasteiger charge is -2.13. The molecule has 0 saturated heterocycles. The molecular weight excluding hydrogens is 450 g/mol. The largest absolute Gasteiger partial charge is 0.336 e. The molecule has 0 atom stereocenters. The summed E-state index contributed by atoms with van der Waals surface area (Å²) in [5.41, 5.74) is 8.61. The lowest BCUT2D eigenvalue weighted by atomic mass is 10.0. The molecule has 2 N–H and O–H groups in total. The number of sulfonamides is 1. The number of fused-ring (bicyclic) bond motifs is 1. The molecule has 0 bridgehead atoms. The maximum Gasteiger partial charge on any atom is 0.242 e. The van der Waals surface area contributed by atoms with Gasteiger partial charge in [0.1, 0.15) is 5.83 Å². The summed E-state index contributed by atoms with van der Waals surface area (Å²) in [5.74, 6) is -0.332. The highest BCUT2D eigenvalue weighted by molar-refractivity contribution is 7.89. The fourth-order valence-corrected chi connectivity index (χ4v) is 4.21. The van der Waals surface area contributed by atoms with Crippen molar-refractivity contribution in [2.45, 2.75) is 18.4 Å². The van der Waals surface area contributed by atoms with E-state index < -0.39 is 10.0 Å². The molecule has 0 radical (unpaired) electrons. The fraction of sp³-hybridized carbons (Fsp3) is 0.250. The smallest absolute Gasteiger partial charge is 0.242 e. The van der Waals surface area contributed by atoms with Crippen molar-refractivity contribution in [2.75, 3.05) is 20.6 Å². The van der Waals surface area contributed by atoms with Crippen molar-refractivity contribution >= 4 is 45.7 Å². The third-order valence-corrected chi connectivity index (χ3v) is 6.49. The molecule has 30 heavy (non-hydrogen) atoms. The summed E-state index contributed by atoms with van der Waals surface area (Å²) >= 11 is 0. The average Bonchev–Trinajstić information content (AvgIpc) is 2.94.